The van der Waals surface area contributed by atoms with Crippen molar-refractivity contribution in [3.8, 4) is 0 Å². The van der Waals surface area contributed by atoms with Gasteiger partial charge in [-0.15, -0.1) is 0 Å². The molecule has 0 bridgehead atoms. The topological polar surface area (TPSA) is 81.8 Å². The fourth-order valence-corrected chi connectivity index (χ4v) is 4.49. The van der Waals surface area contributed by atoms with E-state index in [1.54, 1.807) is 4.90 Å². The Hall–Kier alpha value is -2.25. The molecule has 28 heavy (non-hydrogen) atoms. The molecule has 2 atom stereocenters. The summed E-state index contributed by atoms with van der Waals surface area (Å²) >= 11 is 0. The Morgan fingerprint density at radius 3 is 2.79 bits per heavy atom. The lowest BCUT2D eigenvalue weighted by Crippen LogP contribution is -2.53. The van der Waals surface area contributed by atoms with E-state index in [9.17, 15) is 14.4 Å². The highest BCUT2D eigenvalue weighted by Crippen LogP contribution is 2.30. The number of hydrogen-bond acceptors (Lipinski definition) is 5. The molecule has 0 spiro atoms. The van der Waals surface area contributed by atoms with E-state index in [1.807, 2.05) is 18.2 Å². The molecule has 2 fully saturated rings. The molecule has 3 amide bonds. The molecule has 1 aromatic carbocycles. The van der Waals surface area contributed by atoms with Crippen LogP contribution in [0.2, 0.25) is 0 Å². The molecule has 1 unspecified atom stereocenters. The van der Waals surface area contributed by atoms with E-state index in [0.29, 0.717) is 24.9 Å². The number of rotatable bonds is 4. The molecule has 3 heterocycles. The average Bonchev–Trinajstić information content (AvgIpc) is 2.99. The van der Waals surface area contributed by atoms with Gasteiger partial charge in [0.05, 0.1) is 0 Å². The van der Waals surface area contributed by atoms with Crippen molar-refractivity contribution in [2.24, 2.45) is 5.92 Å². The number of imide groups is 1. The Labute approximate surface area is 165 Å². The number of carbonyl (C=O) groups is 3. The molecule has 0 radical (unpaired) electrons. The van der Waals surface area contributed by atoms with Crippen LogP contribution in [0.3, 0.4) is 0 Å². The Morgan fingerprint density at radius 2 is 2.04 bits per heavy atom. The lowest BCUT2D eigenvalue weighted by molar-refractivity contribution is -0.136. The van der Waals surface area contributed by atoms with Crippen LogP contribution in [0.4, 0.5) is 0 Å². The summed E-state index contributed by atoms with van der Waals surface area (Å²) in [5, 5.41) is 5.93. The maximum atomic E-state index is 13.2. The van der Waals surface area contributed by atoms with Gasteiger partial charge in [0.2, 0.25) is 11.8 Å². The monoisotopic (exact) mass is 384 g/mol. The quantitative estimate of drug-likeness (QED) is 0.753. The Kier molecular flexibility index (Phi) is 5.21. The second-order valence-corrected chi connectivity index (χ2v) is 8.39. The molecular formula is C21H28N4O3. The van der Waals surface area contributed by atoms with Gasteiger partial charge in [0, 0.05) is 50.7 Å². The van der Waals surface area contributed by atoms with Gasteiger partial charge in [-0.2, -0.15) is 0 Å². The van der Waals surface area contributed by atoms with Gasteiger partial charge < -0.3 is 10.2 Å². The molecule has 7 nitrogen and oxygen atoms in total. The van der Waals surface area contributed by atoms with Gasteiger partial charge in [-0.25, -0.2) is 0 Å². The normalized spacial score (nSPS) is 26.0. The first-order valence-corrected chi connectivity index (χ1v) is 10.1. The first-order chi connectivity index (χ1) is 13.4. The maximum absolute atomic E-state index is 13.2. The number of carbonyl (C=O) groups excluding carboxylic acids is 3. The van der Waals surface area contributed by atoms with Crippen molar-refractivity contribution in [3.63, 3.8) is 0 Å². The maximum Gasteiger partial charge on any atom is 0.255 e. The van der Waals surface area contributed by atoms with Crippen LogP contribution in [0.15, 0.2) is 18.2 Å². The first-order valence-electron chi connectivity index (χ1n) is 10.1. The number of nitrogens with zero attached hydrogens (tertiary/aromatic N) is 2. The number of piperazine rings is 1. The molecule has 2 saturated heterocycles. The molecule has 1 aromatic rings. The number of nitrogens with one attached hydrogen (secondary N) is 2. The summed E-state index contributed by atoms with van der Waals surface area (Å²) < 4.78 is 0. The zero-order valence-electron chi connectivity index (χ0n) is 16.5. The Balaban J connectivity index is 1.52. The molecule has 0 aliphatic carbocycles. The van der Waals surface area contributed by atoms with Crippen molar-refractivity contribution >= 4 is 17.7 Å². The van der Waals surface area contributed by atoms with Gasteiger partial charge >= 0.3 is 0 Å². The van der Waals surface area contributed by atoms with Crippen molar-refractivity contribution in [1.29, 1.82) is 0 Å². The van der Waals surface area contributed by atoms with Gasteiger partial charge in [-0.1, -0.05) is 32.0 Å². The van der Waals surface area contributed by atoms with Crippen molar-refractivity contribution in [1.82, 2.24) is 20.4 Å². The van der Waals surface area contributed by atoms with Gasteiger partial charge in [0.25, 0.3) is 5.91 Å². The number of amides is 3. The van der Waals surface area contributed by atoms with Gasteiger partial charge in [-0.3, -0.25) is 24.6 Å². The van der Waals surface area contributed by atoms with Crippen LogP contribution in [0.5, 0.6) is 0 Å². The van der Waals surface area contributed by atoms with E-state index < -0.39 is 6.04 Å². The zero-order chi connectivity index (χ0) is 19.8. The van der Waals surface area contributed by atoms with Crippen LogP contribution in [-0.2, 0) is 22.7 Å². The van der Waals surface area contributed by atoms with Crippen LogP contribution in [0, 0.1) is 5.92 Å². The molecule has 0 saturated carbocycles. The fraction of sp³-hybridized carbons (Fsp3) is 0.571. The van der Waals surface area contributed by atoms with E-state index in [4.69, 9.17) is 0 Å². The van der Waals surface area contributed by atoms with Gasteiger partial charge in [0.15, 0.2) is 0 Å². The van der Waals surface area contributed by atoms with Crippen molar-refractivity contribution in [2.45, 2.75) is 51.9 Å². The average molecular weight is 384 g/mol. The minimum atomic E-state index is -0.560. The number of fused-ring (bicyclic) bond motifs is 1. The highest BCUT2D eigenvalue weighted by Gasteiger charge is 2.40. The summed E-state index contributed by atoms with van der Waals surface area (Å²) in [7, 11) is 0. The summed E-state index contributed by atoms with van der Waals surface area (Å²) in [6.45, 7) is 8.50. The Bertz CT molecular complexity index is 807. The third-order valence-corrected chi connectivity index (χ3v) is 6.13. The van der Waals surface area contributed by atoms with E-state index in [2.05, 4.69) is 29.4 Å². The lowest BCUT2D eigenvalue weighted by atomic mass is 9.99. The number of benzene rings is 1. The van der Waals surface area contributed by atoms with Crippen molar-refractivity contribution < 1.29 is 14.4 Å². The smallest absolute Gasteiger partial charge is 0.255 e. The molecule has 2 N–H and O–H groups in total. The van der Waals surface area contributed by atoms with E-state index in [0.717, 1.165) is 42.9 Å². The third-order valence-electron chi connectivity index (χ3n) is 6.13. The second-order valence-electron chi connectivity index (χ2n) is 8.39. The highest BCUT2D eigenvalue weighted by atomic mass is 16.2. The minimum Gasteiger partial charge on any atom is -0.322 e. The van der Waals surface area contributed by atoms with Crippen molar-refractivity contribution in [2.75, 3.05) is 19.6 Å². The minimum absolute atomic E-state index is 0.0874. The van der Waals surface area contributed by atoms with Crippen molar-refractivity contribution in [3.05, 3.63) is 34.9 Å². The third kappa shape index (κ3) is 3.56. The lowest BCUT2D eigenvalue weighted by Gasteiger charge is -2.36. The van der Waals surface area contributed by atoms with E-state index in [-0.39, 0.29) is 24.1 Å². The number of piperidine rings is 1. The van der Waals surface area contributed by atoms with E-state index in [1.165, 1.54) is 0 Å². The van der Waals surface area contributed by atoms with Crippen LogP contribution in [-0.4, -0.2) is 59.2 Å². The molecule has 3 aliphatic heterocycles. The standard InChI is InChI=1S/C21H28N4O3/c1-13(2)16-12-24(9-8-22-16)10-14-4-3-5-15-11-25(21(28)19(14)15)17-6-7-18(26)23-20(17)27/h3-5,13,16-17,22H,6-12H2,1-2H3,(H,23,26,27)/t16-,17?/m1/s1. The predicted octanol–water partition coefficient (Wildman–Crippen LogP) is 0.877. The molecule has 150 valence electrons. The molecular weight excluding hydrogens is 356 g/mol. The Morgan fingerprint density at radius 1 is 1.21 bits per heavy atom. The molecule has 0 aromatic heterocycles. The molecule has 4 rings (SSSR count). The molecule has 3 aliphatic rings. The van der Waals surface area contributed by atoms with Crippen LogP contribution >= 0.6 is 0 Å². The van der Waals surface area contributed by atoms with Gasteiger partial charge in [0.1, 0.15) is 6.04 Å². The SMILES string of the molecule is CC(C)[C@H]1CN(Cc2cccc3c2C(=O)N(C2CCC(=O)NC2=O)C3)CCN1. The summed E-state index contributed by atoms with van der Waals surface area (Å²) in [6.07, 6.45) is 0.675. The second kappa shape index (κ2) is 7.64. The summed E-state index contributed by atoms with van der Waals surface area (Å²) in [5.74, 6) is -0.144. The summed E-state index contributed by atoms with van der Waals surface area (Å²) in [6, 6.07) is 5.89. The summed E-state index contributed by atoms with van der Waals surface area (Å²) in [5.41, 5.74) is 2.75. The molecule has 7 heteroatoms. The van der Waals surface area contributed by atoms with Crippen LogP contribution in [0.25, 0.3) is 0 Å². The fourth-order valence-electron chi connectivity index (χ4n) is 4.49. The predicted molar refractivity (Wildman–Crippen MR) is 104 cm³/mol. The largest absolute Gasteiger partial charge is 0.322 e. The number of hydrogen-bond donors (Lipinski definition) is 2. The van der Waals surface area contributed by atoms with Crippen LogP contribution < -0.4 is 10.6 Å². The van der Waals surface area contributed by atoms with E-state index >= 15 is 0 Å². The van der Waals surface area contributed by atoms with Crippen LogP contribution in [0.1, 0.15) is 48.2 Å². The first kappa shape index (κ1) is 19.1. The van der Waals surface area contributed by atoms with Gasteiger partial charge in [-0.05, 0) is 23.5 Å². The summed E-state index contributed by atoms with van der Waals surface area (Å²) in [4.78, 5) is 40.9. The highest BCUT2D eigenvalue weighted by molar-refractivity contribution is 6.05. The zero-order valence-corrected chi connectivity index (χ0v) is 16.5.